The average molecular weight is 515 g/mol. The van der Waals surface area contributed by atoms with Crippen LogP contribution in [-0.2, 0) is 27.4 Å². The highest BCUT2D eigenvalue weighted by molar-refractivity contribution is 6.01. The van der Waals surface area contributed by atoms with Gasteiger partial charge in [0.1, 0.15) is 35.2 Å². The fourth-order valence-corrected chi connectivity index (χ4v) is 3.88. The molecule has 2 amide bonds. The van der Waals surface area contributed by atoms with Crippen LogP contribution in [0, 0.1) is 6.92 Å². The zero-order chi connectivity index (χ0) is 26.9. The Morgan fingerprint density at radius 1 is 0.946 bits per heavy atom. The largest absolute Gasteiger partial charge is 0.495 e. The van der Waals surface area contributed by atoms with Gasteiger partial charge in [-0.25, -0.2) is 0 Å². The standard InChI is InChI=1S/C27H34N2O8/c1-18-22(36-16-32-4)13-23(37-17-33-5)25(26(18)34-6)27(31)29-14-19-9-10-21(12-20(19)15-29)35-11-7-8-24(30)28(2)3/h7-10,12-13H,11,14-17H2,1-6H3/b8-7+. The van der Waals surface area contributed by atoms with Crippen LogP contribution in [0.5, 0.6) is 23.0 Å². The lowest BCUT2D eigenvalue weighted by Gasteiger charge is -2.22. The van der Waals surface area contributed by atoms with Gasteiger partial charge in [-0.15, -0.1) is 0 Å². The van der Waals surface area contributed by atoms with Crippen LogP contribution in [0.3, 0.4) is 0 Å². The van der Waals surface area contributed by atoms with Crippen molar-refractivity contribution in [3.8, 4) is 23.0 Å². The molecule has 2 aromatic carbocycles. The van der Waals surface area contributed by atoms with Gasteiger partial charge >= 0.3 is 0 Å². The molecule has 1 aliphatic rings. The molecule has 3 rings (SSSR count). The van der Waals surface area contributed by atoms with E-state index in [2.05, 4.69) is 0 Å². The highest BCUT2D eigenvalue weighted by Crippen LogP contribution is 2.41. The summed E-state index contributed by atoms with van der Waals surface area (Å²) in [7, 11) is 7.91. The fourth-order valence-electron chi connectivity index (χ4n) is 3.88. The molecule has 1 aliphatic heterocycles. The smallest absolute Gasteiger partial charge is 0.262 e. The lowest BCUT2D eigenvalue weighted by atomic mass is 10.1. The quantitative estimate of drug-likeness (QED) is 0.315. The van der Waals surface area contributed by atoms with Gasteiger partial charge < -0.3 is 38.2 Å². The third-order valence-corrected chi connectivity index (χ3v) is 5.76. The van der Waals surface area contributed by atoms with E-state index in [1.54, 1.807) is 31.1 Å². The maximum atomic E-state index is 13.8. The van der Waals surface area contributed by atoms with E-state index in [0.29, 0.717) is 47.2 Å². The van der Waals surface area contributed by atoms with E-state index in [-0.39, 0.29) is 32.0 Å². The van der Waals surface area contributed by atoms with Crippen molar-refractivity contribution < 1.29 is 38.0 Å². The lowest BCUT2D eigenvalue weighted by molar-refractivity contribution is -0.123. The Kier molecular flexibility index (Phi) is 9.76. The Balaban J connectivity index is 1.80. The molecule has 0 spiro atoms. The Bertz CT molecular complexity index is 1150. The highest BCUT2D eigenvalue weighted by Gasteiger charge is 2.31. The second-order valence-corrected chi connectivity index (χ2v) is 8.55. The molecule has 0 bridgehead atoms. The summed E-state index contributed by atoms with van der Waals surface area (Å²) in [5.74, 6) is 1.45. The highest BCUT2D eigenvalue weighted by atomic mass is 16.7. The third kappa shape index (κ3) is 6.72. The molecular weight excluding hydrogens is 480 g/mol. The van der Waals surface area contributed by atoms with E-state index in [1.807, 2.05) is 25.1 Å². The average Bonchev–Trinajstić information content (AvgIpc) is 3.32. The van der Waals surface area contributed by atoms with Gasteiger partial charge in [-0.1, -0.05) is 6.07 Å². The Morgan fingerprint density at radius 2 is 1.62 bits per heavy atom. The van der Waals surface area contributed by atoms with Crippen LogP contribution in [0.2, 0.25) is 0 Å². The first kappa shape index (κ1) is 27.8. The summed E-state index contributed by atoms with van der Waals surface area (Å²) in [6.45, 7) is 2.88. The van der Waals surface area contributed by atoms with Crippen molar-refractivity contribution >= 4 is 11.8 Å². The number of benzene rings is 2. The van der Waals surface area contributed by atoms with Crippen LogP contribution in [0.15, 0.2) is 36.4 Å². The van der Waals surface area contributed by atoms with Crippen molar-refractivity contribution in [2.75, 3.05) is 55.6 Å². The number of nitrogens with zero attached hydrogens (tertiary/aromatic N) is 2. The number of carbonyl (C=O) groups excluding carboxylic acids is 2. The van der Waals surface area contributed by atoms with Crippen molar-refractivity contribution in [2.45, 2.75) is 20.0 Å². The molecule has 0 unspecified atom stereocenters. The first-order valence-corrected chi connectivity index (χ1v) is 11.7. The number of fused-ring (bicyclic) bond motifs is 1. The summed E-state index contributed by atoms with van der Waals surface area (Å²) < 4.78 is 32.9. The van der Waals surface area contributed by atoms with E-state index in [0.717, 1.165) is 11.1 Å². The van der Waals surface area contributed by atoms with E-state index in [9.17, 15) is 9.59 Å². The summed E-state index contributed by atoms with van der Waals surface area (Å²) in [4.78, 5) is 28.6. The second kappa shape index (κ2) is 13.0. The summed E-state index contributed by atoms with van der Waals surface area (Å²) in [6.07, 6.45) is 3.14. The molecule has 37 heavy (non-hydrogen) atoms. The Labute approximate surface area is 217 Å². The third-order valence-electron chi connectivity index (χ3n) is 5.76. The van der Waals surface area contributed by atoms with Gasteiger partial charge in [0.25, 0.3) is 5.91 Å². The minimum Gasteiger partial charge on any atom is -0.495 e. The molecule has 0 N–H and O–H groups in total. The topological polar surface area (TPSA) is 96.0 Å². The van der Waals surface area contributed by atoms with Crippen molar-refractivity contribution in [1.29, 1.82) is 0 Å². The van der Waals surface area contributed by atoms with Gasteiger partial charge in [-0.3, -0.25) is 9.59 Å². The predicted octanol–water partition coefficient (Wildman–Crippen LogP) is 3.15. The van der Waals surface area contributed by atoms with E-state index < -0.39 is 0 Å². The molecule has 0 saturated carbocycles. The number of hydrogen-bond donors (Lipinski definition) is 0. The summed E-state index contributed by atoms with van der Waals surface area (Å²) >= 11 is 0. The minimum atomic E-state index is -0.242. The van der Waals surface area contributed by atoms with Crippen LogP contribution in [0.1, 0.15) is 27.0 Å². The van der Waals surface area contributed by atoms with Crippen LogP contribution >= 0.6 is 0 Å². The molecular formula is C27H34N2O8. The number of amides is 2. The lowest BCUT2D eigenvalue weighted by Crippen LogP contribution is -2.27. The second-order valence-electron chi connectivity index (χ2n) is 8.55. The maximum Gasteiger partial charge on any atom is 0.262 e. The minimum absolute atomic E-state index is 0.0363. The number of likely N-dealkylation sites (N-methyl/N-ethyl adjacent to an activating group) is 1. The van der Waals surface area contributed by atoms with Crippen molar-refractivity contribution in [1.82, 2.24) is 9.80 Å². The van der Waals surface area contributed by atoms with Gasteiger partial charge in [0.2, 0.25) is 5.91 Å². The molecule has 0 radical (unpaired) electrons. The number of rotatable bonds is 12. The molecule has 10 heteroatoms. The predicted molar refractivity (Wildman–Crippen MR) is 136 cm³/mol. The molecule has 10 nitrogen and oxygen atoms in total. The van der Waals surface area contributed by atoms with Crippen LogP contribution < -0.4 is 18.9 Å². The Hall–Kier alpha value is -3.76. The van der Waals surface area contributed by atoms with E-state index >= 15 is 0 Å². The number of hydrogen-bond acceptors (Lipinski definition) is 8. The van der Waals surface area contributed by atoms with Gasteiger partial charge in [-0.2, -0.15) is 0 Å². The zero-order valence-electron chi connectivity index (χ0n) is 22.2. The summed E-state index contributed by atoms with van der Waals surface area (Å²) in [6, 6.07) is 7.36. The van der Waals surface area contributed by atoms with Crippen LogP contribution in [0.25, 0.3) is 0 Å². The molecule has 0 atom stereocenters. The SMILES string of the molecule is COCOc1cc(OCOC)c(C(=O)N2Cc3ccc(OC/C=C/C(=O)N(C)C)cc3C2)c(OC)c1C. The first-order chi connectivity index (χ1) is 17.8. The molecule has 200 valence electrons. The Morgan fingerprint density at radius 3 is 2.27 bits per heavy atom. The molecule has 0 fully saturated rings. The fraction of sp³-hybridized carbons (Fsp3) is 0.407. The number of ether oxygens (including phenoxy) is 6. The van der Waals surface area contributed by atoms with Crippen LogP contribution in [-0.4, -0.2) is 77.2 Å². The summed E-state index contributed by atoms with van der Waals surface area (Å²) in [5, 5.41) is 0. The number of methoxy groups -OCH3 is 3. The van der Waals surface area contributed by atoms with Gasteiger partial charge in [0.15, 0.2) is 13.6 Å². The van der Waals surface area contributed by atoms with Crippen molar-refractivity contribution in [3.63, 3.8) is 0 Å². The van der Waals surface area contributed by atoms with Crippen molar-refractivity contribution in [3.05, 3.63) is 58.7 Å². The molecule has 0 aliphatic carbocycles. The maximum absolute atomic E-state index is 13.8. The van der Waals surface area contributed by atoms with Crippen molar-refractivity contribution in [2.24, 2.45) is 0 Å². The van der Waals surface area contributed by atoms with Crippen LogP contribution in [0.4, 0.5) is 0 Å². The number of carbonyl (C=O) groups is 2. The zero-order valence-corrected chi connectivity index (χ0v) is 22.2. The van der Waals surface area contributed by atoms with Gasteiger partial charge in [0, 0.05) is 59.1 Å². The molecule has 2 aromatic rings. The molecule has 0 aromatic heterocycles. The molecule has 1 heterocycles. The first-order valence-electron chi connectivity index (χ1n) is 11.7. The molecule has 0 saturated heterocycles. The monoisotopic (exact) mass is 514 g/mol. The normalized spacial score (nSPS) is 12.4. The van der Waals surface area contributed by atoms with E-state index in [4.69, 9.17) is 28.4 Å². The van der Waals surface area contributed by atoms with E-state index in [1.165, 1.54) is 32.3 Å². The summed E-state index contributed by atoms with van der Waals surface area (Å²) in [5.41, 5.74) is 2.95. The van der Waals surface area contributed by atoms with Gasteiger partial charge in [-0.05, 0) is 36.3 Å². The van der Waals surface area contributed by atoms with Gasteiger partial charge in [0.05, 0.1) is 7.11 Å².